The van der Waals surface area contributed by atoms with Crippen LogP contribution in [0.3, 0.4) is 0 Å². The quantitative estimate of drug-likeness (QED) is 0.494. The van der Waals surface area contributed by atoms with Crippen LogP contribution in [0.25, 0.3) is 16.6 Å². The molecule has 3 aromatic rings. The fraction of sp³-hybridized carbons (Fsp3) is 0. The van der Waals surface area contributed by atoms with Crippen molar-refractivity contribution in [2.24, 2.45) is 0 Å². The molecule has 0 amide bonds. The number of hydrogen-bond acceptors (Lipinski definition) is 2. The zero-order valence-electron chi connectivity index (χ0n) is 7.38. The molecule has 0 aliphatic rings. The van der Waals surface area contributed by atoms with Crippen molar-refractivity contribution in [2.45, 2.75) is 0 Å². The van der Waals surface area contributed by atoms with Crippen molar-refractivity contribution in [3.05, 3.63) is 36.8 Å². The van der Waals surface area contributed by atoms with Crippen LogP contribution in [-0.4, -0.2) is 30.7 Å². The highest BCUT2D eigenvalue weighted by Crippen LogP contribution is 2.14. The van der Waals surface area contributed by atoms with Crippen LogP contribution in [0.15, 0.2) is 36.8 Å². The Morgan fingerprint density at radius 3 is 3.00 bits per heavy atom. The van der Waals surface area contributed by atoms with Crippen LogP contribution >= 0.6 is 0 Å². The fourth-order valence-electron chi connectivity index (χ4n) is 1.60. The Morgan fingerprint density at radius 1 is 1.21 bits per heavy atom. The normalized spacial score (nSPS) is 11.1. The van der Waals surface area contributed by atoms with Gasteiger partial charge in [-0.3, -0.25) is 9.38 Å². The van der Waals surface area contributed by atoms with Crippen LogP contribution in [0.5, 0.6) is 0 Å². The van der Waals surface area contributed by atoms with Crippen LogP contribution < -0.4 is 4.56 Å². The van der Waals surface area contributed by atoms with Crippen molar-refractivity contribution in [3.63, 3.8) is 0 Å². The molecule has 3 rings (SSSR count). The SMILES string of the molecule is [Al][c]1cn2cnc3ccccc3c2n1. The van der Waals surface area contributed by atoms with Gasteiger partial charge in [0.2, 0.25) is 16.3 Å². The molecule has 0 unspecified atom stereocenters. The Kier molecular flexibility index (Phi) is 1.60. The Morgan fingerprint density at radius 2 is 2.07 bits per heavy atom. The highest BCUT2D eigenvalue weighted by atomic mass is 27.0. The maximum Gasteiger partial charge on any atom is 0.212 e. The first-order valence-electron chi connectivity index (χ1n) is 4.32. The summed E-state index contributed by atoms with van der Waals surface area (Å²) in [5.41, 5.74) is 1.94. The molecule has 0 aliphatic carbocycles. The molecule has 2 radical (unpaired) electrons. The summed E-state index contributed by atoms with van der Waals surface area (Å²) in [5.74, 6) is 0. The van der Waals surface area contributed by atoms with Crippen molar-refractivity contribution >= 4 is 37.4 Å². The molecule has 0 bridgehead atoms. The van der Waals surface area contributed by atoms with Gasteiger partial charge < -0.3 is 0 Å². The molecular weight excluding hydrogens is 189 g/mol. The highest BCUT2D eigenvalue weighted by Gasteiger charge is 2.02. The second-order valence-electron chi connectivity index (χ2n) is 3.16. The predicted molar refractivity (Wildman–Crippen MR) is 55.9 cm³/mol. The van der Waals surface area contributed by atoms with Crippen LogP contribution in [0.4, 0.5) is 0 Å². The summed E-state index contributed by atoms with van der Waals surface area (Å²) in [6.07, 6.45) is 3.73. The average Bonchev–Trinajstić information content (AvgIpc) is 2.59. The standard InChI is InChI=1S/C10H6N3.Al/c1-2-4-9-8(3-1)10-11-5-6-13(10)7-12-9;/h1-4,6-7H;. The van der Waals surface area contributed by atoms with E-state index in [2.05, 4.69) is 26.3 Å². The lowest BCUT2D eigenvalue weighted by Gasteiger charge is -1.97. The molecule has 0 fully saturated rings. The van der Waals surface area contributed by atoms with Gasteiger partial charge in [0.15, 0.2) is 0 Å². The molecule has 0 atom stereocenters. The summed E-state index contributed by atoms with van der Waals surface area (Å²) in [4.78, 5) is 8.76. The first-order chi connectivity index (χ1) is 6.84. The summed E-state index contributed by atoms with van der Waals surface area (Å²) in [7, 11) is 0. The Balaban J connectivity index is 2.60. The minimum atomic E-state index is 0.933. The number of rotatable bonds is 0. The van der Waals surface area contributed by atoms with E-state index >= 15 is 0 Å². The fourth-order valence-corrected chi connectivity index (χ4v) is 1.88. The molecule has 64 valence electrons. The molecule has 0 spiro atoms. The van der Waals surface area contributed by atoms with Crippen LogP contribution in [0, 0.1) is 0 Å². The van der Waals surface area contributed by atoms with E-state index in [0.717, 1.165) is 21.1 Å². The molecular formula is C10H6AlN3. The number of hydrogen-bond donors (Lipinski definition) is 0. The Hall–Kier alpha value is -1.37. The molecule has 3 nitrogen and oxygen atoms in total. The first-order valence-corrected chi connectivity index (χ1v) is 4.90. The second kappa shape index (κ2) is 2.81. The van der Waals surface area contributed by atoms with E-state index in [9.17, 15) is 0 Å². The number of aromatic nitrogens is 3. The third kappa shape index (κ3) is 1.05. The minimum absolute atomic E-state index is 0.933. The van der Waals surface area contributed by atoms with Gasteiger partial charge in [-0.05, 0) is 16.7 Å². The maximum atomic E-state index is 4.43. The smallest absolute Gasteiger partial charge is 0.212 e. The minimum Gasteiger partial charge on any atom is -0.291 e. The van der Waals surface area contributed by atoms with Gasteiger partial charge in [0.1, 0.15) is 12.0 Å². The van der Waals surface area contributed by atoms with E-state index in [4.69, 9.17) is 0 Å². The van der Waals surface area contributed by atoms with Gasteiger partial charge in [0.25, 0.3) is 0 Å². The largest absolute Gasteiger partial charge is 0.291 e. The van der Waals surface area contributed by atoms with E-state index < -0.39 is 0 Å². The summed E-state index contributed by atoms with van der Waals surface area (Å²) in [6.45, 7) is 0. The average molecular weight is 195 g/mol. The lowest BCUT2D eigenvalue weighted by atomic mass is 10.2. The zero-order valence-corrected chi connectivity index (χ0v) is 8.54. The van der Waals surface area contributed by atoms with Gasteiger partial charge in [-0.15, -0.1) is 0 Å². The van der Waals surface area contributed by atoms with Crippen molar-refractivity contribution in [1.29, 1.82) is 0 Å². The second-order valence-corrected chi connectivity index (χ2v) is 3.75. The first kappa shape index (κ1) is 7.98. The van der Waals surface area contributed by atoms with Gasteiger partial charge in [0, 0.05) is 11.6 Å². The number of benzene rings is 1. The summed E-state index contributed by atoms with van der Waals surface area (Å²) in [6, 6.07) is 8.01. The molecule has 0 N–H and O–H groups in total. The van der Waals surface area contributed by atoms with E-state index in [1.54, 1.807) is 6.33 Å². The molecule has 4 heteroatoms. The third-order valence-corrected chi connectivity index (χ3v) is 2.50. The molecule has 0 aliphatic heterocycles. The van der Waals surface area contributed by atoms with E-state index in [1.807, 2.05) is 34.9 Å². The van der Waals surface area contributed by atoms with Crippen LogP contribution in [0.1, 0.15) is 0 Å². The van der Waals surface area contributed by atoms with Crippen molar-refractivity contribution in [1.82, 2.24) is 14.4 Å². The summed E-state index contributed by atoms with van der Waals surface area (Å²) < 4.78 is 2.87. The van der Waals surface area contributed by atoms with Crippen molar-refractivity contribution in [3.8, 4) is 0 Å². The van der Waals surface area contributed by atoms with E-state index in [1.165, 1.54) is 0 Å². The van der Waals surface area contributed by atoms with Gasteiger partial charge in [-0.1, -0.05) is 12.1 Å². The number of para-hydroxylation sites is 1. The number of nitrogens with zero attached hydrogens (tertiary/aromatic N) is 3. The monoisotopic (exact) mass is 195 g/mol. The van der Waals surface area contributed by atoms with Crippen molar-refractivity contribution in [2.75, 3.05) is 0 Å². The van der Waals surface area contributed by atoms with E-state index in [-0.39, 0.29) is 0 Å². The molecule has 1 aromatic carbocycles. The molecule has 0 saturated carbocycles. The number of fused-ring (bicyclic) bond motifs is 3. The molecule has 14 heavy (non-hydrogen) atoms. The lowest BCUT2D eigenvalue weighted by Crippen LogP contribution is -1.99. The summed E-state index contributed by atoms with van der Waals surface area (Å²) >= 11 is 2.59. The van der Waals surface area contributed by atoms with Gasteiger partial charge in [0.05, 0.1) is 5.52 Å². The van der Waals surface area contributed by atoms with Gasteiger partial charge in [-0.25, -0.2) is 4.98 Å². The molecule has 2 aromatic heterocycles. The topological polar surface area (TPSA) is 30.2 Å². The lowest BCUT2D eigenvalue weighted by molar-refractivity contribution is 1.12. The van der Waals surface area contributed by atoms with Gasteiger partial charge >= 0.3 is 0 Å². The van der Waals surface area contributed by atoms with Crippen molar-refractivity contribution < 1.29 is 0 Å². The number of imidazole rings is 1. The summed E-state index contributed by atoms with van der Waals surface area (Å²) in [5, 5.41) is 1.09. The van der Waals surface area contributed by atoms with E-state index in [0.29, 0.717) is 0 Å². The zero-order chi connectivity index (χ0) is 9.54. The van der Waals surface area contributed by atoms with Crippen LogP contribution in [0.2, 0.25) is 0 Å². The van der Waals surface area contributed by atoms with Gasteiger partial charge in [-0.2, -0.15) is 0 Å². The Labute approximate surface area is 88.8 Å². The molecule has 0 saturated heterocycles. The van der Waals surface area contributed by atoms with Crippen LogP contribution in [-0.2, 0) is 0 Å². The molecule has 2 heterocycles. The predicted octanol–water partition coefficient (Wildman–Crippen LogP) is 0.676. The maximum absolute atomic E-state index is 4.43. The Bertz CT molecular complexity index is 615. The third-order valence-electron chi connectivity index (χ3n) is 2.22. The highest BCUT2D eigenvalue weighted by molar-refractivity contribution is 6.31.